The maximum absolute atomic E-state index is 12.7. The second-order valence-corrected chi connectivity index (χ2v) is 6.70. The predicted octanol–water partition coefficient (Wildman–Crippen LogP) is 2.53. The fourth-order valence-corrected chi connectivity index (χ4v) is 3.47. The number of fused-ring (bicyclic) bond motifs is 1. The first-order valence-corrected chi connectivity index (χ1v) is 8.55. The molecule has 1 aromatic heterocycles. The Morgan fingerprint density at radius 2 is 1.89 bits per heavy atom. The van der Waals surface area contributed by atoms with Crippen molar-refractivity contribution in [2.45, 2.75) is 31.6 Å². The summed E-state index contributed by atoms with van der Waals surface area (Å²) in [5, 5.41) is 2.23. The van der Waals surface area contributed by atoms with Crippen LogP contribution in [0.3, 0.4) is 0 Å². The number of amides is 3. The van der Waals surface area contributed by atoms with Gasteiger partial charge in [0, 0.05) is 30.3 Å². The van der Waals surface area contributed by atoms with Crippen molar-refractivity contribution in [2.24, 2.45) is 0 Å². The van der Waals surface area contributed by atoms with Crippen molar-refractivity contribution in [3.8, 4) is 11.3 Å². The fourth-order valence-electron chi connectivity index (χ4n) is 3.47. The first kappa shape index (κ1) is 18.1. The van der Waals surface area contributed by atoms with E-state index in [1.807, 2.05) is 0 Å². The van der Waals surface area contributed by atoms with E-state index in [0.717, 1.165) is 12.3 Å². The van der Waals surface area contributed by atoms with Gasteiger partial charge in [0.1, 0.15) is 6.04 Å². The molecule has 3 amide bonds. The largest absolute Gasteiger partial charge is 0.417 e. The molecule has 1 fully saturated rings. The van der Waals surface area contributed by atoms with Crippen LogP contribution < -0.4 is 5.32 Å². The van der Waals surface area contributed by atoms with E-state index in [4.69, 9.17) is 0 Å². The molecule has 1 N–H and O–H groups in total. The number of nitrogens with one attached hydrogen (secondary N) is 1. The fraction of sp³-hybridized carbons (Fsp3) is 0.263. The Hall–Kier alpha value is -3.23. The van der Waals surface area contributed by atoms with Crippen LogP contribution in [0.4, 0.5) is 13.2 Å². The standard InChI is InChI=1S/C19H14F3N3O3/c20-19(21,22)12-2-4-14(23-8-12)10-1-3-13-11(7-10)9-25(18(13)28)15-5-6-16(26)24-17(15)27/h1-4,7-8,15H,5-6,9H2,(H,24,26,27). The van der Waals surface area contributed by atoms with Gasteiger partial charge in [0.25, 0.3) is 5.91 Å². The average Bonchev–Trinajstić information content (AvgIpc) is 2.97. The lowest BCUT2D eigenvalue weighted by Gasteiger charge is -2.29. The molecule has 144 valence electrons. The number of carbonyl (C=O) groups is 3. The third-order valence-corrected chi connectivity index (χ3v) is 4.91. The topological polar surface area (TPSA) is 79.4 Å². The highest BCUT2D eigenvalue weighted by molar-refractivity contribution is 6.05. The summed E-state index contributed by atoms with van der Waals surface area (Å²) in [6, 6.07) is 6.40. The number of pyridine rings is 1. The molecule has 4 rings (SSSR count). The van der Waals surface area contributed by atoms with Crippen molar-refractivity contribution in [1.29, 1.82) is 0 Å². The molecule has 1 saturated heterocycles. The summed E-state index contributed by atoms with van der Waals surface area (Å²) in [6.07, 6.45) is -3.27. The van der Waals surface area contributed by atoms with Crippen molar-refractivity contribution >= 4 is 17.7 Å². The van der Waals surface area contributed by atoms with Gasteiger partial charge in [-0.3, -0.25) is 24.7 Å². The Balaban J connectivity index is 1.59. The van der Waals surface area contributed by atoms with Crippen molar-refractivity contribution in [3.05, 3.63) is 53.2 Å². The summed E-state index contributed by atoms with van der Waals surface area (Å²) in [6.45, 7) is 0.189. The molecule has 0 bridgehead atoms. The molecule has 0 radical (unpaired) electrons. The normalized spacial score (nSPS) is 19.6. The lowest BCUT2D eigenvalue weighted by Crippen LogP contribution is -2.52. The van der Waals surface area contributed by atoms with E-state index in [0.29, 0.717) is 22.4 Å². The second kappa shape index (κ2) is 6.43. The van der Waals surface area contributed by atoms with Crippen LogP contribution in [0, 0.1) is 0 Å². The van der Waals surface area contributed by atoms with Gasteiger partial charge in [-0.25, -0.2) is 0 Å². The van der Waals surface area contributed by atoms with E-state index < -0.39 is 23.7 Å². The molecule has 1 unspecified atom stereocenters. The molecule has 2 aromatic rings. The molecule has 3 heterocycles. The van der Waals surface area contributed by atoms with Gasteiger partial charge in [-0.15, -0.1) is 0 Å². The number of carbonyl (C=O) groups excluding carboxylic acids is 3. The monoisotopic (exact) mass is 389 g/mol. The molecule has 1 aromatic carbocycles. The number of nitrogens with zero attached hydrogens (tertiary/aromatic N) is 2. The lowest BCUT2D eigenvalue weighted by atomic mass is 10.0. The zero-order valence-corrected chi connectivity index (χ0v) is 14.4. The Morgan fingerprint density at radius 3 is 2.54 bits per heavy atom. The highest BCUT2D eigenvalue weighted by Gasteiger charge is 2.39. The van der Waals surface area contributed by atoms with Crippen molar-refractivity contribution in [2.75, 3.05) is 0 Å². The highest BCUT2D eigenvalue weighted by Crippen LogP contribution is 2.32. The molecule has 6 nitrogen and oxygen atoms in total. The van der Waals surface area contributed by atoms with Crippen LogP contribution in [0.5, 0.6) is 0 Å². The van der Waals surface area contributed by atoms with Crippen LogP contribution in [-0.2, 0) is 22.3 Å². The van der Waals surface area contributed by atoms with Gasteiger partial charge < -0.3 is 4.90 Å². The zero-order chi connectivity index (χ0) is 20.1. The summed E-state index contributed by atoms with van der Waals surface area (Å²) in [4.78, 5) is 41.3. The molecular weight excluding hydrogens is 375 g/mol. The van der Waals surface area contributed by atoms with Crippen LogP contribution in [0.15, 0.2) is 36.5 Å². The summed E-state index contributed by atoms with van der Waals surface area (Å²) in [5.41, 5.74) is 1.18. The molecule has 0 aliphatic carbocycles. The van der Waals surface area contributed by atoms with Gasteiger partial charge in [0.2, 0.25) is 11.8 Å². The number of aromatic nitrogens is 1. The molecule has 0 spiro atoms. The molecule has 0 saturated carbocycles. The minimum atomic E-state index is -4.46. The first-order valence-electron chi connectivity index (χ1n) is 8.55. The third kappa shape index (κ3) is 3.12. The lowest BCUT2D eigenvalue weighted by molar-refractivity contribution is -0.138. The maximum Gasteiger partial charge on any atom is 0.417 e. The van der Waals surface area contributed by atoms with Gasteiger partial charge in [-0.2, -0.15) is 13.2 Å². The van der Waals surface area contributed by atoms with Crippen molar-refractivity contribution in [3.63, 3.8) is 0 Å². The Morgan fingerprint density at radius 1 is 1.11 bits per heavy atom. The summed E-state index contributed by atoms with van der Waals surface area (Å²) in [5.74, 6) is -1.17. The second-order valence-electron chi connectivity index (χ2n) is 6.70. The average molecular weight is 389 g/mol. The van der Waals surface area contributed by atoms with Crippen molar-refractivity contribution < 1.29 is 27.6 Å². The predicted molar refractivity (Wildman–Crippen MR) is 90.7 cm³/mol. The number of hydrogen-bond donors (Lipinski definition) is 1. The number of piperidine rings is 1. The van der Waals surface area contributed by atoms with Crippen LogP contribution >= 0.6 is 0 Å². The van der Waals surface area contributed by atoms with Crippen LogP contribution in [0.1, 0.15) is 34.3 Å². The summed E-state index contributed by atoms with van der Waals surface area (Å²) < 4.78 is 38.1. The molecule has 2 aliphatic rings. The van der Waals surface area contributed by atoms with E-state index >= 15 is 0 Å². The van der Waals surface area contributed by atoms with Crippen LogP contribution in [0.25, 0.3) is 11.3 Å². The number of halogens is 3. The van der Waals surface area contributed by atoms with E-state index in [1.165, 1.54) is 11.0 Å². The van der Waals surface area contributed by atoms with Crippen molar-refractivity contribution in [1.82, 2.24) is 15.2 Å². The molecule has 2 aliphatic heterocycles. The van der Waals surface area contributed by atoms with Crippen LogP contribution in [0.2, 0.25) is 0 Å². The van der Waals surface area contributed by atoms with Gasteiger partial charge in [-0.1, -0.05) is 6.07 Å². The maximum atomic E-state index is 12.7. The van der Waals surface area contributed by atoms with E-state index in [1.54, 1.807) is 18.2 Å². The zero-order valence-electron chi connectivity index (χ0n) is 14.4. The van der Waals surface area contributed by atoms with Gasteiger partial charge in [0.05, 0.1) is 11.3 Å². The smallest absolute Gasteiger partial charge is 0.322 e. The SMILES string of the molecule is O=C1CCC(N2Cc3cc(-c4ccc(C(F)(F)F)cn4)ccc3C2=O)C(=O)N1. The number of benzene rings is 1. The minimum Gasteiger partial charge on any atom is -0.322 e. The van der Waals surface area contributed by atoms with Gasteiger partial charge in [-0.05, 0) is 36.2 Å². The highest BCUT2D eigenvalue weighted by atomic mass is 19.4. The third-order valence-electron chi connectivity index (χ3n) is 4.91. The van der Waals surface area contributed by atoms with Gasteiger partial charge in [0.15, 0.2) is 0 Å². The Bertz CT molecular complexity index is 986. The Kier molecular flexibility index (Phi) is 4.17. The number of imide groups is 1. The first-order chi connectivity index (χ1) is 13.2. The number of rotatable bonds is 2. The number of hydrogen-bond acceptors (Lipinski definition) is 4. The summed E-state index contributed by atoms with van der Waals surface area (Å²) >= 11 is 0. The molecular formula is C19H14F3N3O3. The molecule has 1 atom stereocenters. The quantitative estimate of drug-likeness (QED) is 0.801. The Labute approximate surface area is 157 Å². The number of alkyl halides is 3. The molecule has 28 heavy (non-hydrogen) atoms. The minimum absolute atomic E-state index is 0.164. The van der Waals surface area contributed by atoms with E-state index in [-0.39, 0.29) is 31.2 Å². The van der Waals surface area contributed by atoms with Crippen LogP contribution in [-0.4, -0.2) is 33.6 Å². The van der Waals surface area contributed by atoms with E-state index in [2.05, 4.69) is 10.3 Å². The van der Waals surface area contributed by atoms with E-state index in [9.17, 15) is 27.6 Å². The summed E-state index contributed by atoms with van der Waals surface area (Å²) in [7, 11) is 0. The van der Waals surface area contributed by atoms with Gasteiger partial charge >= 0.3 is 6.18 Å². The molecule has 9 heteroatoms.